The summed E-state index contributed by atoms with van der Waals surface area (Å²) in [7, 11) is 0. The zero-order chi connectivity index (χ0) is 20.5. The number of halogens is 1. The molecule has 29 heavy (non-hydrogen) atoms. The fourth-order valence-corrected chi connectivity index (χ4v) is 4.35. The Morgan fingerprint density at radius 1 is 0.966 bits per heavy atom. The molecule has 3 N–H and O–H groups in total. The number of likely N-dealkylation sites (tertiary alicyclic amines) is 1. The Morgan fingerprint density at radius 2 is 1.62 bits per heavy atom. The predicted octanol–water partition coefficient (Wildman–Crippen LogP) is 5.00. The molecule has 1 saturated heterocycles. The molecular weight excluding hydrogens is 388 g/mol. The van der Waals surface area contributed by atoms with E-state index in [1.54, 1.807) is 12.1 Å². The Hall–Kier alpha value is -1.95. The van der Waals surface area contributed by atoms with Gasteiger partial charge in [0.05, 0.1) is 10.7 Å². The summed E-state index contributed by atoms with van der Waals surface area (Å²) in [5, 5.41) is 9.60. The number of nitrogens with zero attached hydrogens (tertiary/aromatic N) is 1. The van der Waals surface area contributed by atoms with Crippen molar-refractivity contribution in [2.45, 2.75) is 63.8 Å². The molecule has 1 aromatic carbocycles. The quantitative estimate of drug-likeness (QED) is 0.641. The van der Waals surface area contributed by atoms with Gasteiger partial charge < -0.3 is 20.9 Å². The minimum atomic E-state index is -0.119. The Labute approximate surface area is 178 Å². The average Bonchev–Trinajstić information content (AvgIpc) is 2.70. The van der Waals surface area contributed by atoms with Gasteiger partial charge >= 0.3 is 12.1 Å². The second-order valence-electron chi connectivity index (χ2n) is 8.24. The molecule has 160 valence electrons. The third kappa shape index (κ3) is 7.11. The lowest BCUT2D eigenvalue weighted by atomic mass is 9.96. The highest BCUT2D eigenvalue weighted by molar-refractivity contribution is 6.33. The number of amides is 4. The van der Waals surface area contributed by atoms with E-state index in [2.05, 4.69) is 16.0 Å². The molecule has 1 aliphatic carbocycles. The summed E-state index contributed by atoms with van der Waals surface area (Å²) in [4.78, 5) is 26.5. The topological polar surface area (TPSA) is 73.5 Å². The van der Waals surface area contributed by atoms with Crippen molar-refractivity contribution in [3.63, 3.8) is 0 Å². The van der Waals surface area contributed by atoms with Crippen molar-refractivity contribution in [2.24, 2.45) is 5.92 Å². The molecule has 0 spiro atoms. The first-order chi connectivity index (χ1) is 14.1. The van der Waals surface area contributed by atoms with Crippen molar-refractivity contribution in [2.75, 3.05) is 25.0 Å². The third-order valence-electron chi connectivity index (χ3n) is 6.01. The fraction of sp³-hybridized carbons (Fsp3) is 0.636. The summed E-state index contributed by atoms with van der Waals surface area (Å²) >= 11 is 6.11. The van der Waals surface area contributed by atoms with Gasteiger partial charge in [-0.05, 0) is 43.7 Å². The van der Waals surface area contributed by atoms with Crippen LogP contribution in [-0.4, -0.2) is 42.6 Å². The molecule has 4 amide bonds. The molecular formula is C22H33ClN4O2. The van der Waals surface area contributed by atoms with E-state index >= 15 is 0 Å². The molecule has 2 fully saturated rings. The number of benzene rings is 1. The van der Waals surface area contributed by atoms with E-state index < -0.39 is 0 Å². The van der Waals surface area contributed by atoms with Crippen molar-refractivity contribution in [3.8, 4) is 0 Å². The first-order valence-corrected chi connectivity index (χ1v) is 11.3. The maximum atomic E-state index is 12.4. The fourth-order valence-electron chi connectivity index (χ4n) is 4.17. The van der Waals surface area contributed by atoms with E-state index in [1.165, 1.54) is 32.1 Å². The van der Waals surface area contributed by atoms with Gasteiger partial charge in [0.1, 0.15) is 0 Å². The minimum absolute atomic E-state index is 0.0468. The smallest absolute Gasteiger partial charge is 0.321 e. The number of hydrogen-bond acceptors (Lipinski definition) is 2. The van der Waals surface area contributed by atoms with Gasteiger partial charge in [0, 0.05) is 25.7 Å². The second kappa shape index (κ2) is 11.3. The third-order valence-corrected chi connectivity index (χ3v) is 6.34. The molecule has 1 aromatic rings. The van der Waals surface area contributed by atoms with Gasteiger partial charge in [-0.2, -0.15) is 0 Å². The second-order valence-corrected chi connectivity index (χ2v) is 8.64. The van der Waals surface area contributed by atoms with Crippen LogP contribution < -0.4 is 16.0 Å². The predicted molar refractivity (Wildman–Crippen MR) is 117 cm³/mol. The molecule has 0 aromatic heterocycles. The van der Waals surface area contributed by atoms with E-state index in [0.29, 0.717) is 42.3 Å². The van der Waals surface area contributed by atoms with E-state index in [9.17, 15) is 9.59 Å². The van der Waals surface area contributed by atoms with Crippen LogP contribution in [0.25, 0.3) is 0 Å². The van der Waals surface area contributed by atoms with Gasteiger partial charge in [-0.1, -0.05) is 55.8 Å². The number of hydrogen-bond donors (Lipinski definition) is 3. The zero-order valence-corrected chi connectivity index (χ0v) is 17.8. The highest BCUT2D eigenvalue weighted by Gasteiger charge is 2.24. The van der Waals surface area contributed by atoms with Crippen LogP contribution in [0.15, 0.2) is 24.3 Å². The van der Waals surface area contributed by atoms with Crippen LogP contribution >= 0.6 is 11.6 Å². The summed E-state index contributed by atoms with van der Waals surface area (Å²) < 4.78 is 0. The average molecular weight is 421 g/mol. The van der Waals surface area contributed by atoms with E-state index in [4.69, 9.17) is 11.6 Å². The van der Waals surface area contributed by atoms with Crippen LogP contribution in [0.3, 0.4) is 0 Å². The Balaban J connectivity index is 1.34. The van der Waals surface area contributed by atoms with Crippen molar-refractivity contribution in [3.05, 3.63) is 29.3 Å². The number of nitrogens with one attached hydrogen (secondary N) is 3. The highest BCUT2D eigenvalue weighted by Crippen LogP contribution is 2.22. The van der Waals surface area contributed by atoms with Crippen molar-refractivity contribution < 1.29 is 9.59 Å². The maximum Gasteiger partial charge on any atom is 0.321 e. The molecule has 0 radical (unpaired) electrons. The first-order valence-electron chi connectivity index (χ1n) is 11.0. The molecule has 0 atom stereocenters. The van der Waals surface area contributed by atoms with Gasteiger partial charge in [0.25, 0.3) is 0 Å². The number of piperidine rings is 1. The van der Waals surface area contributed by atoms with Crippen LogP contribution in [0.4, 0.5) is 15.3 Å². The summed E-state index contributed by atoms with van der Waals surface area (Å²) in [5.74, 6) is 0.405. The van der Waals surface area contributed by atoms with E-state index in [-0.39, 0.29) is 12.1 Å². The van der Waals surface area contributed by atoms with Crippen LogP contribution in [0.5, 0.6) is 0 Å². The van der Waals surface area contributed by atoms with Crippen LogP contribution in [-0.2, 0) is 0 Å². The largest absolute Gasteiger partial charge is 0.338 e. The van der Waals surface area contributed by atoms with E-state index in [0.717, 1.165) is 25.7 Å². The van der Waals surface area contributed by atoms with Crippen molar-refractivity contribution >= 4 is 29.4 Å². The SMILES string of the molecule is O=C(NCC1CCN(C(=O)Nc2ccccc2Cl)CC1)NC1CCCCCCC1. The number of anilines is 1. The van der Waals surface area contributed by atoms with Crippen molar-refractivity contribution in [1.29, 1.82) is 0 Å². The van der Waals surface area contributed by atoms with Crippen LogP contribution in [0.1, 0.15) is 57.8 Å². The molecule has 7 heteroatoms. The first kappa shape index (κ1) is 21.8. The lowest BCUT2D eigenvalue weighted by Gasteiger charge is -2.32. The van der Waals surface area contributed by atoms with Gasteiger partial charge in [-0.3, -0.25) is 0 Å². The number of carbonyl (C=O) groups excluding carboxylic acids is 2. The van der Waals surface area contributed by atoms with Gasteiger partial charge in [0.2, 0.25) is 0 Å². The lowest BCUT2D eigenvalue weighted by Crippen LogP contribution is -2.46. The highest BCUT2D eigenvalue weighted by atomic mass is 35.5. The number of urea groups is 2. The molecule has 0 unspecified atom stereocenters. The van der Waals surface area contributed by atoms with E-state index in [1.807, 2.05) is 17.0 Å². The van der Waals surface area contributed by atoms with Gasteiger partial charge in [-0.15, -0.1) is 0 Å². The Kier molecular flexibility index (Phi) is 8.47. The minimum Gasteiger partial charge on any atom is -0.338 e. The van der Waals surface area contributed by atoms with Crippen LogP contribution in [0.2, 0.25) is 5.02 Å². The van der Waals surface area contributed by atoms with Gasteiger partial charge in [-0.25, -0.2) is 9.59 Å². The Bertz CT molecular complexity index is 669. The summed E-state index contributed by atoms with van der Waals surface area (Å²) in [6.45, 7) is 2.04. The standard InChI is InChI=1S/C22H33ClN4O2/c23-19-10-6-7-11-20(19)26-22(29)27-14-12-17(13-15-27)16-24-21(28)25-18-8-4-2-1-3-5-9-18/h6-7,10-11,17-18H,1-5,8-9,12-16H2,(H,26,29)(H2,24,25,28). The summed E-state index contributed by atoms with van der Waals surface area (Å²) in [6.07, 6.45) is 10.3. The molecule has 0 bridgehead atoms. The molecule has 1 aliphatic heterocycles. The summed E-state index contributed by atoms with van der Waals surface area (Å²) in [6, 6.07) is 7.39. The number of rotatable bonds is 4. The molecule has 1 heterocycles. The summed E-state index contributed by atoms with van der Waals surface area (Å²) in [5.41, 5.74) is 0.633. The van der Waals surface area contributed by atoms with Gasteiger partial charge in [0.15, 0.2) is 0 Å². The normalized spacial score (nSPS) is 19.1. The molecule has 1 saturated carbocycles. The maximum absolute atomic E-state index is 12.4. The molecule has 6 nitrogen and oxygen atoms in total. The monoisotopic (exact) mass is 420 g/mol. The van der Waals surface area contributed by atoms with Crippen molar-refractivity contribution in [1.82, 2.24) is 15.5 Å². The molecule has 2 aliphatic rings. The zero-order valence-electron chi connectivity index (χ0n) is 17.1. The molecule has 3 rings (SSSR count). The number of carbonyl (C=O) groups is 2. The lowest BCUT2D eigenvalue weighted by molar-refractivity contribution is 0.180. The Morgan fingerprint density at radius 3 is 2.31 bits per heavy atom. The number of para-hydroxylation sites is 1. The van der Waals surface area contributed by atoms with Crippen LogP contribution in [0, 0.1) is 5.92 Å².